The molecule has 3 rings (SSSR count). The highest BCUT2D eigenvalue weighted by atomic mass is 16.7. The molecule has 2 heteroatoms. The van der Waals surface area contributed by atoms with Gasteiger partial charge < -0.3 is 9.47 Å². The van der Waals surface area contributed by atoms with Crippen molar-refractivity contribution in [3.05, 3.63) is 65.7 Å². The van der Waals surface area contributed by atoms with E-state index in [0.29, 0.717) is 6.61 Å². The number of para-hydroxylation sites is 1. The first kappa shape index (κ1) is 9.43. The van der Waals surface area contributed by atoms with Crippen LogP contribution in [0.4, 0.5) is 0 Å². The predicted octanol–water partition coefficient (Wildman–Crippen LogP) is 3.29. The van der Waals surface area contributed by atoms with Crippen LogP contribution in [0.3, 0.4) is 0 Å². The smallest absolute Gasteiger partial charge is 0.227 e. The van der Waals surface area contributed by atoms with Crippen LogP contribution in [-0.2, 0) is 11.3 Å². The van der Waals surface area contributed by atoms with E-state index in [1.165, 1.54) is 0 Å². The number of hydrogen-bond donors (Lipinski definition) is 0. The largest absolute Gasteiger partial charge is 0.460 e. The average molecular weight is 212 g/mol. The van der Waals surface area contributed by atoms with Gasteiger partial charge in [-0.15, -0.1) is 0 Å². The van der Waals surface area contributed by atoms with E-state index in [-0.39, 0.29) is 6.29 Å². The molecular formula is C14H12O2. The van der Waals surface area contributed by atoms with Gasteiger partial charge in [0.15, 0.2) is 0 Å². The van der Waals surface area contributed by atoms with Crippen LogP contribution in [-0.4, -0.2) is 0 Å². The predicted molar refractivity (Wildman–Crippen MR) is 61.0 cm³/mol. The monoisotopic (exact) mass is 212 g/mol. The normalized spacial score (nSPS) is 18.6. The Balaban J connectivity index is 1.89. The van der Waals surface area contributed by atoms with E-state index in [1.54, 1.807) is 0 Å². The topological polar surface area (TPSA) is 18.5 Å². The van der Waals surface area contributed by atoms with Crippen molar-refractivity contribution in [1.82, 2.24) is 0 Å². The molecule has 1 heterocycles. The van der Waals surface area contributed by atoms with Crippen LogP contribution in [0.1, 0.15) is 17.4 Å². The van der Waals surface area contributed by atoms with Gasteiger partial charge in [0.25, 0.3) is 0 Å². The van der Waals surface area contributed by atoms with Crippen LogP contribution >= 0.6 is 0 Å². The van der Waals surface area contributed by atoms with Gasteiger partial charge in [0.1, 0.15) is 5.75 Å². The summed E-state index contributed by atoms with van der Waals surface area (Å²) >= 11 is 0. The van der Waals surface area contributed by atoms with Crippen LogP contribution in [0.25, 0.3) is 0 Å². The molecule has 0 aromatic heterocycles. The van der Waals surface area contributed by atoms with Crippen molar-refractivity contribution in [2.75, 3.05) is 0 Å². The molecule has 0 radical (unpaired) electrons. The van der Waals surface area contributed by atoms with Crippen LogP contribution in [0.5, 0.6) is 5.75 Å². The standard InChI is InChI=1S/C14H12O2/c1-2-6-11(7-3-1)14-15-10-12-8-4-5-9-13(12)16-14/h1-9,14H,10H2/t14-/m0/s1. The fourth-order valence-corrected chi connectivity index (χ4v) is 1.83. The number of benzene rings is 2. The lowest BCUT2D eigenvalue weighted by Crippen LogP contribution is -2.17. The molecule has 1 atom stereocenters. The van der Waals surface area contributed by atoms with Crippen molar-refractivity contribution in [3.63, 3.8) is 0 Å². The van der Waals surface area contributed by atoms with Crippen LogP contribution in [0.15, 0.2) is 54.6 Å². The zero-order chi connectivity index (χ0) is 10.8. The Bertz CT molecular complexity index is 479. The molecule has 2 aromatic carbocycles. The van der Waals surface area contributed by atoms with Gasteiger partial charge in [0.2, 0.25) is 6.29 Å². The molecule has 0 saturated carbocycles. The third-order valence-corrected chi connectivity index (χ3v) is 2.67. The lowest BCUT2D eigenvalue weighted by molar-refractivity contribution is -0.111. The summed E-state index contributed by atoms with van der Waals surface area (Å²) in [4.78, 5) is 0. The summed E-state index contributed by atoms with van der Waals surface area (Å²) in [6, 6.07) is 18.0. The summed E-state index contributed by atoms with van der Waals surface area (Å²) in [7, 11) is 0. The quantitative estimate of drug-likeness (QED) is 0.722. The van der Waals surface area contributed by atoms with E-state index >= 15 is 0 Å². The highest BCUT2D eigenvalue weighted by Gasteiger charge is 2.20. The Morgan fingerprint density at radius 2 is 1.62 bits per heavy atom. The molecule has 2 aromatic rings. The van der Waals surface area contributed by atoms with E-state index in [4.69, 9.17) is 9.47 Å². The zero-order valence-corrected chi connectivity index (χ0v) is 8.80. The summed E-state index contributed by atoms with van der Waals surface area (Å²) < 4.78 is 11.5. The second kappa shape index (κ2) is 3.99. The molecule has 0 amide bonds. The van der Waals surface area contributed by atoms with Crippen molar-refractivity contribution in [3.8, 4) is 5.75 Å². The Hall–Kier alpha value is -1.80. The number of hydrogen-bond acceptors (Lipinski definition) is 2. The number of ether oxygens (including phenoxy) is 2. The molecular weight excluding hydrogens is 200 g/mol. The lowest BCUT2D eigenvalue weighted by Gasteiger charge is -2.26. The lowest BCUT2D eigenvalue weighted by atomic mass is 10.1. The van der Waals surface area contributed by atoms with Crippen molar-refractivity contribution in [1.29, 1.82) is 0 Å². The summed E-state index contributed by atoms with van der Waals surface area (Å²) in [5, 5.41) is 0. The second-order valence-corrected chi connectivity index (χ2v) is 3.78. The first-order chi connectivity index (χ1) is 7.93. The van der Waals surface area contributed by atoms with Gasteiger partial charge >= 0.3 is 0 Å². The number of rotatable bonds is 1. The highest BCUT2D eigenvalue weighted by molar-refractivity contribution is 5.34. The maximum atomic E-state index is 5.80. The van der Waals surface area contributed by atoms with E-state index in [9.17, 15) is 0 Å². The molecule has 0 saturated heterocycles. The second-order valence-electron chi connectivity index (χ2n) is 3.78. The number of fused-ring (bicyclic) bond motifs is 1. The van der Waals surface area contributed by atoms with Gasteiger partial charge in [-0.2, -0.15) is 0 Å². The Morgan fingerprint density at radius 3 is 2.50 bits per heavy atom. The SMILES string of the molecule is c1ccc([C@H]2OCc3ccccc3O2)cc1. The fourth-order valence-electron chi connectivity index (χ4n) is 1.83. The summed E-state index contributed by atoms with van der Waals surface area (Å²) in [6.45, 7) is 0.607. The van der Waals surface area contributed by atoms with E-state index in [2.05, 4.69) is 0 Å². The van der Waals surface area contributed by atoms with E-state index in [0.717, 1.165) is 16.9 Å². The van der Waals surface area contributed by atoms with Gasteiger partial charge in [0, 0.05) is 11.1 Å². The maximum absolute atomic E-state index is 5.80. The van der Waals surface area contributed by atoms with Gasteiger partial charge in [0.05, 0.1) is 6.61 Å². The average Bonchev–Trinajstić information content (AvgIpc) is 2.39. The van der Waals surface area contributed by atoms with Crippen LogP contribution < -0.4 is 4.74 Å². The molecule has 16 heavy (non-hydrogen) atoms. The fraction of sp³-hybridized carbons (Fsp3) is 0.143. The molecule has 0 aliphatic carbocycles. The first-order valence-corrected chi connectivity index (χ1v) is 5.34. The van der Waals surface area contributed by atoms with Crippen molar-refractivity contribution in [2.45, 2.75) is 12.9 Å². The molecule has 0 fully saturated rings. The molecule has 0 unspecified atom stereocenters. The summed E-state index contributed by atoms with van der Waals surface area (Å²) in [5.74, 6) is 0.919. The van der Waals surface area contributed by atoms with Gasteiger partial charge in [-0.25, -0.2) is 0 Å². The van der Waals surface area contributed by atoms with Gasteiger partial charge in [-0.1, -0.05) is 48.5 Å². The summed E-state index contributed by atoms with van der Waals surface area (Å²) in [5.41, 5.74) is 2.16. The van der Waals surface area contributed by atoms with Crippen molar-refractivity contribution >= 4 is 0 Å². The minimum absolute atomic E-state index is 0.281. The molecule has 2 nitrogen and oxygen atoms in total. The first-order valence-electron chi connectivity index (χ1n) is 5.34. The Labute approximate surface area is 94.4 Å². The van der Waals surface area contributed by atoms with E-state index < -0.39 is 0 Å². The molecule has 0 bridgehead atoms. The van der Waals surface area contributed by atoms with Crippen LogP contribution in [0, 0.1) is 0 Å². The third kappa shape index (κ3) is 1.68. The van der Waals surface area contributed by atoms with Crippen molar-refractivity contribution in [2.24, 2.45) is 0 Å². The van der Waals surface area contributed by atoms with Crippen LogP contribution in [0.2, 0.25) is 0 Å². The molecule has 80 valence electrons. The molecule has 1 aliphatic rings. The minimum atomic E-state index is -0.281. The molecule has 0 spiro atoms. The van der Waals surface area contributed by atoms with E-state index in [1.807, 2.05) is 54.6 Å². The molecule has 1 aliphatic heterocycles. The Morgan fingerprint density at radius 1 is 0.875 bits per heavy atom. The Kier molecular flexibility index (Phi) is 2.35. The van der Waals surface area contributed by atoms with Crippen molar-refractivity contribution < 1.29 is 9.47 Å². The molecule has 0 N–H and O–H groups in total. The third-order valence-electron chi connectivity index (χ3n) is 2.67. The zero-order valence-electron chi connectivity index (χ0n) is 8.80. The van der Waals surface area contributed by atoms with Gasteiger partial charge in [-0.3, -0.25) is 0 Å². The maximum Gasteiger partial charge on any atom is 0.227 e. The van der Waals surface area contributed by atoms with Gasteiger partial charge in [-0.05, 0) is 6.07 Å². The highest BCUT2D eigenvalue weighted by Crippen LogP contribution is 2.32. The summed E-state index contributed by atoms with van der Waals surface area (Å²) in [6.07, 6.45) is -0.281. The minimum Gasteiger partial charge on any atom is -0.460 e.